The summed E-state index contributed by atoms with van der Waals surface area (Å²) >= 11 is 5.92. The van der Waals surface area contributed by atoms with Crippen LogP contribution in [0.3, 0.4) is 0 Å². The lowest BCUT2D eigenvalue weighted by molar-refractivity contribution is -0.114. The van der Waals surface area contributed by atoms with Gasteiger partial charge in [-0.3, -0.25) is 9.59 Å². The van der Waals surface area contributed by atoms with Crippen LogP contribution in [0.25, 0.3) is 0 Å². The Kier molecular flexibility index (Phi) is 5.17. The number of halogens is 1. The molecule has 4 nitrogen and oxygen atoms in total. The first-order chi connectivity index (χ1) is 10.5. The molecule has 22 heavy (non-hydrogen) atoms. The highest BCUT2D eigenvalue weighted by Gasteiger charge is 2.09. The van der Waals surface area contributed by atoms with E-state index in [1.54, 1.807) is 30.3 Å². The van der Waals surface area contributed by atoms with Gasteiger partial charge in [0.15, 0.2) is 5.78 Å². The van der Waals surface area contributed by atoms with Crippen LogP contribution in [0.5, 0.6) is 0 Å². The van der Waals surface area contributed by atoms with E-state index >= 15 is 0 Å². The number of anilines is 2. The molecule has 5 heteroatoms. The lowest BCUT2D eigenvalue weighted by atomic mass is 10.1. The molecule has 0 unspecified atom stereocenters. The summed E-state index contributed by atoms with van der Waals surface area (Å²) in [7, 11) is 0. The molecule has 0 aliphatic rings. The number of carbonyl (C=O) groups is 2. The van der Waals surface area contributed by atoms with Crippen LogP contribution in [-0.2, 0) is 4.79 Å². The largest absolute Gasteiger partial charge is 0.376 e. The number of hydrogen-bond acceptors (Lipinski definition) is 3. The molecule has 2 rings (SSSR count). The van der Waals surface area contributed by atoms with E-state index in [4.69, 9.17) is 11.6 Å². The zero-order chi connectivity index (χ0) is 16.1. The van der Waals surface area contributed by atoms with Crippen LogP contribution >= 0.6 is 11.6 Å². The normalized spacial score (nSPS) is 10.1. The van der Waals surface area contributed by atoms with E-state index in [0.29, 0.717) is 22.0 Å². The maximum Gasteiger partial charge on any atom is 0.243 e. The van der Waals surface area contributed by atoms with Gasteiger partial charge in [0.2, 0.25) is 5.91 Å². The summed E-state index contributed by atoms with van der Waals surface area (Å²) < 4.78 is 0. The molecule has 1 amide bonds. The van der Waals surface area contributed by atoms with Crippen molar-refractivity contribution in [1.82, 2.24) is 0 Å². The number of hydrogen-bond donors (Lipinski definition) is 2. The van der Waals surface area contributed by atoms with Crippen molar-refractivity contribution in [3.8, 4) is 0 Å². The second-order valence-corrected chi connectivity index (χ2v) is 5.40. The summed E-state index contributed by atoms with van der Waals surface area (Å²) in [5, 5.41) is 6.35. The first kappa shape index (κ1) is 16.0. The Balaban J connectivity index is 2.02. The molecule has 0 aliphatic carbocycles. The fraction of sp³-hybridized carbons (Fsp3) is 0.176. The fourth-order valence-electron chi connectivity index (χ4n) is 2.04. The number of carbonyl (C=O) groups excluding carboxylic acids is 2. The van der Waals surface area contributed by atoms with Gasteiger partial charge in [-0.05, 0) is 43.7 Å². The fourth-order valence-corrected chi connectivity index (χ4v) is 2.22. The summed E-state index contributed by atoms with van der Waals surface area (Å²) in [5.41, 5.74) is 2.82. The molecule has 0 aliphatic heterocycles. The number of para-hydroxylation sites is 1. The molecule has 0 fully saturated rings. The highest BCUT2D eigenvalue weighted by Crippen LogP contribution is 2.20. The van der Waals surface area contributed by atoms with Gasteiger partial charge in [-0.1, -0.05) is 29.8 Å². The van der Waals surface area contributed by atoms with Gasteiger partial charge in [0, 0.05) is 22.0 Å². The van der Waals surface area contributed by atoms with Gasteiger partial charge in [0.05, 0.1) is 6.54 Å². The quantitative estimate of drug-likeness (QED) is 0.822. The number of amides is 1. The zero-order valence-electron chi connectivity index (χ0n) is 12.4. The predicted octanol–water partition coefficient (Wildman–Crippen LogP) is 3.90. The summed E-state index contributed by atoms with van der Waals surface area (Å²) in [6.45, 7) is 3.45. The average Bonchev–Trinajstić information content (AvgIpc) is 2.49. The average molecular weight is 317 g/mol. The molecule has 0 radical (unpaired) electrons. The van der Waals surface area contributed by atoms with Crippen LogP contribution < -0.4 is 10.6 Å². The van der Waals surface area contributed by atoms with Gasteiger partial charge >= 0.3 is 0 Å². The summed E-state index contributed by atoms with van der Waals surface area (Å²) in [4.78, 5) is 23.6. The topological polar surface area (TPSA) is 58.2 Å². The second kappa shape index (κ2) is 7.09. The number of Topliss-reactive ketones (excluding diaryl/α,β-unsaturated/α-hetero) is 1. The van der Waals surface area contributed by atoms with Crippen molar-refractivity contribution in [3.63, 3.8) is 0 Å². The Labute approximate surface area is 134 Å². The van der Waals surface area contributed by atoms with E-state index in [1.807, 2.05) is 19.1 Å². The maximum atomic E-state index is 12.0. The third-order valence-corrected chi connectivity index (χ3v) is 3.45. The molecular formula is C17H17ClN2O2. The molecule has 2 aromatic carbocycles. The van der Waals surface area contributed by atoms with E-state index in [2.05, 4.69) is 10.6 Å². The molecule has 0 aromatic heterocycles. The maximum absolute atomic E-state index is 12.0. The molecule has 0 spiro atoms. The number of aryl methyl sites for hydroxylation is 1. The number of benzene rings is 2. The molecule has 0 heterocycles. The van der Waals surface area contributed by atoms with Gasteiger partial charge in [-0.15, -0.1) is 0 Å². The zero-order valence-corrected chi connectivity index (χ0v) is 13.2. The van der Waals surface area contributed by atoms with Crippen LogP contribution in [0.4, 0.5) is 11.4 Å². The lowest BCUT2D eigenvalue weighted by Gasteiger charge is -2.12. The van der Waals surface area contributed by atoms with E-state index in [-0.39, 0.29) is 18.2 Å². The van der Waals surface area contributed by atoms with Crippen LogP contribution in [0, 0.1) is 6.92 Å². The molecule has 0 atom stereocenters. The molecule has 114 valence electrons. The van der Waals surface area contributed by atoms with Gasteiger partial charge in [-0.2, -0.15) is 0 Å². The molecule has 0 saturated carbocycles. The Bertz CT molecular complexity index is 714. The minimum atomic E-state index is -0.205. The minimum absolute atomic E-state index is 0.0470. The van der Waals surface area contributed by atoms with Crippen molar-refractivity contribution in [3.05, 3.63) is 58.6 Å². The van der Waals surface area contributed by atoms with Crippen LogP contribution in [-0.4, -0.2) is 18.2 Å². The predicted molar refractivity (Wildman–Crippen MR) is 89.8 cm³/mol. The number of ketones is 1. The third kappa shape index (κ3) is 4.09. The molecule has 2 aromatic rings. The van der Waals surface area contributed by atoms with Crippen molar-refractivity contribution in [1.29, 1.82) is 0 Å². The Hall–Kier alpha value is -2.33. The third-order valence-electron chi connectivity index (χ3n) is 3.22. The SMILES string of the molecule is CC(=O)c1ccccc1NCC(=O)Nc1cc(Cl)ccc1C. The van der Waals surface area contributed by atoms with Crippen LogP contribution in [0.15, 0.2) is 42.5 Å². The Morgan fingerprint density at radius 2 is 1.82 bits per heavy atom. The summed E-state index contributed by atoms with van der Waals surface area (Å²) in [6.07, 6.45) is 0. The van der Waals surface area contributed by atoms with E-state index < -0.39 is 0 Å². The van der Waals surface area contributed by atoms with Crippen LogP contribution in [0.1, 0.15) is 22.8 Å². The monoisotopic (exact) mass is 316 g/mol. The van der Waals surface area contributed by atoms with Crippen molar-refractivity contribution in [2.75, 3.05) is 17.2 Å². The highest BCUT2D eigenvalue weighted by atomic mass is 35.5. The smallest absolute Gasteiger partial charge is 0.243 e. The Morgan fingerprint density at radius 3 is 2.55 bits per heavy atom. The van der Waals surface area contributed by atoms with Gasteiger partial charge in [0.1, 0.15) is 0 Å². The van der Waals surface area contributed by atoms with Crippen LogP contribution in [0.2, 0.25) is 5.02 Å². The second-order valence-electron chi connectivity index (χ2n) is 4.96. The first-order valence-corrected chi connectivity index (χ1v) is 7.25. The van der Waals surface area contributed by atoms with Gasteiger partial charge < -0.3 is 10.6 Å². The summed E-state index contributed by atoms with van der Waals surface area (Å²) in [6, 6.07) is 12.4. The molecule has 2 N–H and O–H groups in total. The lowest BCUT2D eigenvalue weighted by Crippen LogP contribution is -2.22. The summed E-state index contributed by atoms with van der Waals surface area (Å²) in [5.74, 6) is -0.252. The standard InChI is InChI=1S/C17H17ClN2O2/c1-11-7-8-13(18)9-16(11)20-17(22)10-19-15-6-4-3-5-14(15)12(2)21/h3-9,19H,10H2,1-2H3,(H,20,22). The molecule has 0 saturated heterocycles. The molecular weight excluding hydrogens is 300 g/mol. The van der Waals surface area contributed by atoms with Crippen molar-refractivity contribution >= 4 is 34.7 Å². The Morgan fingerprint density at radius 1 is 1.09 bits per heavy atom. The van der Waals surface area contributed by atoms with Gasteiger partial charge in [-0.25, -0.2) is 0 Å². The number of rotatable bonds is 5. The first-order valence-electron chi connectivity index (χ1n) is 6.87. The highest BCUT2D eigenvalue weighted by molar-refractivity contribution is 6.31. The van der Waals surface area contributed by atoms with Crippen molar-refractivity contribution < 1.29 is 9.59 Å². The van der Waals surface area contributed by atoms with Crippen molar-refractivity contribution in [2.45, 2.75) is 13.8 Å². The molecule has 0 bridgehead atoms. The number of nitrogens with one attached hydrogen (secondary N) is 2. The van der Waals surface area contributed by atoms with E-state index in [1.165, 1.54) is 6.92 Å². The van der Waals surface area contributed by atoms with Crippen molar-refractivity contribution in [2.24, 2.45) is 0 Å². The minimum Gasteiger partial charge on any atom is -0.376 e. The van der Waals surface area contributed by atoms with E-state index in [9.17, 15) is 9.59 Å². The van der Waals surface area contributed by atoms with E-state index in [0.717, 1.165) is 5.56 Å². The van der Waals surface area contributed by atoms with Gasteiger partial charge in [0.25, 0.3) is 0 Å².